The van der Waals surface area contributed by atoms with Gasteiger partial charge in [-0.25, -0.2) is 0 Å². The molecule has 6 heteroatoms. The first kappa shape index (κ1) is 14.6. The van der Waals surface area contributed by atoms with Crippen LogP contribution >= 0.6 is 0 Å². The number of fused-ring (bicyclic) bond motifs is 3. The van der Waals surface area contributed by atoms with E-state index in [1.165, 1.54) is 0 Å². The van der Waals surface area contributed by atoms with Gasteiger partial charge in [0.05, 0.1) is 12.6 Å². The minimum Gasteiger partial charge on any atom is -0.498 e. The third-order valence-electron chi connectivity index (χ3n) is 6.15. The van der Waals surface area contributed by atoms with E-state index in [9.17, 15) is 10.2 Å². The first-order chi connectivity index (χ1) is 11.6. The molecule has 128 valence electrons. The molecule has 0 unspecified atom stereocenters. The maximum Gasteiger partial charge on any atom is 0.231 e. The predicted octanol–water partition coefficient (Wildman–Crippen LogP) is 0.898. The third-order valence-corrected chi connectivity index (χ3v) is 6.15. The van der Waals surface area contributed by atoms with Crippen LogP contribution in [0.5, 0.6) is 11.5 Å². The van der Waals surface area contributed by atoms with Crippen molar-refractivity contribution in [2.24, 2.45) is 0 Å². The molecule has 0 aromatic heterocycles. The van der Waals surface area contributed by atoms with Gasteiger partial charge in [0, 0.05) is 6.54 Å². The Kier molecular flexibility index (Phi) is 2.83. The molecular formula is C18H21NO5. The predicted molar refractivity (Wildman–Crippen MR) is 84.8 cm³/mol. The highest BCUT2D eigenvalue weighted by Gasteiger charge is 2.66. The summed E-state index contributed by atoms with van der Waals surface area (Å²) < 4.78 is 16.4. The van der Waals surface area contributed by atoms with Crippen molar-refractivity contribution in [3.8, 4) is 11.5 Å². The summed E-state index contributed by atoms with van der Waals surface area (Å²) in [5.41, 5.74) is -0.342. The summed E-state index contributed by atoms with van der Waals surface area (Å²) in [6.45, 7) is 1.93. The summed E-state index contributed by atoms with van der Waals surface area (Å²) >= 11 is 0. The number of hydrogen-bond acceptors (Lipinski definition) is 6. The number of benzene rings is 1. The molecule has 1 saturated heterocycles. The van der Waals surface area contributed by atoms with E-state index < -0.39 is 17.2 Å². The van der Waals surface area contributed by atoms with Gasteiger partial charge in [0.25, 0.3) is 0 Å². The zero-order valence-corrected chi connectivity index (χ0v) is 13.6. The lowest BCUT2D eigenvalue weighted by atomic mass is 9.73. The Labute approximate surface area is 140 Å². The maximum absolute atomic E-state index is 11.9. The fraction of sp³-hybridized carbons (Fsp3) is 0.556. The van der Waals surface area contributed by atoms with E-state index in [1.807, 2.05) is 18.2 Å². The SMILES string of the molecule is COC1=C[C@]23CCCN2CCc2cc4c(cc2[C@]3(O)[C@@H]1O)OCO4. The van der Waals surface area contributed by atoms with Gasteiger partial charge < -0.3 is 24.4 Å². The lowest BCUT2D eigenvalue weighted by Gasteiger charge is -2.45. The van der Waals surface area contributed by atoms with Gasteiger partial charge in [0.1, 0.15) is 17.5 Å². The lowest BCUT2D eigenvalue weighted by Crippen LogP contribution is -2.59. The van der Waals surface area contributed by atoms with E-state index in [4.69, 9.17) is 14.2 Å². The number of hydrogen-bond donors (Lipinski definition) is 2. The van der Waals surface area contributed by atoms with Gasteiger partial charge in [0.15, 0.2) is 11.5 Å². The minimum absolute atomic E-state index is 0.193. The molecule has 1 aromatic carbocycles. The summed E-state index contributed by atoms with van der Waals surface area (Å²) in [7, 11) is 1.54. The molecule has 5 rings (SSSR count). The van der Waals surface area contributed by atoms with Crippen LogP contribution in [-0.4, -0.2) is 53.7 Å². The minimum atomic E-state index is -1.44. The van der Waals surface area contributed by atoms with Crippen LogP contribution in [0.4, 0.5) is 0 Å². The van der Waals surface area contributed by atoms with Crippen molar-refractivity contribution in [1.29, 1.82) is 0 Å². The van der Waals surface area contributed by atoms with E-state index in [0.717, 1.165) is 43.5 Å². The maximum atomic E-state index is 11.9. The van der Waals surface area contributed by atoms with Gasteiger partial charge in [-0.15, -0.1) is 0 Å². The molecule has 1 aromatic rings. The highest BCUT2D eigenvalue weighted by Crippen LogP contribution is 2.57. The Balaban J connectivity index is 1.77. The highest BCUT2D eigenvalue weighted by atomic mass is 16.7. The second kappa shape index (κ2) is 4.65. The van der Waals surface area contributed by atoms with Crippen molar-refractivity contribution in [3.05, 3.63) is 35.1 Å². The largest absolute Gasteiger partial charge is 0.498 e. The molecule has 1 spiro atoms. The quantitative estimate of drug-likeness (QED) is 0.797. The summed E-state index contributed by atoms with van der Waals surface area (Å²) in [5.74, 6) is 1.78. The number of aliphatic hydroxyl groups excluding tert-OH is 1. The van der Waals surface area contributed by atoms with Crippen LogP contribution in [0.2, 0.25) is 0 Å². The van der Waals surface area contributed by atoms with Crippen molar-refractivity contribution in [2.45, 2.75) is 36.5 Å². The van der Waals surface area contributed by atoms with Crippen LogP contribution in [-0.2, 0) is 16.8 Å². The molecule has 0 bridgehead atoms. The molecule has 2 N–H and O–H groups in total. The standard InChI is InChI=1S/C18H21NO5/c1-22-15-9-17-4-2-5-19(17)6-3-11-7-13-14(24-10-23-13)8-12(11)18(17,21)16(15)20/h7-9,16,20-21H,2-6,10H2,1H3/t16-,17+,18+/m1/s1. The summed E-state index contributed by atoms with van der Waals surface area (Å²) in [4.78, 5) is 2.29. The van der Waals surface area contributed by atoms with E-state index in [-0.39, 0.29) is 6.79 Å². The van der Waals surface area contributed by atoms with Crippen LogP contribution < -0.4 is 9.47 Å². The third kappa shape index (κ3) is 1.52. The summed E-state index contributed by atoms with van der Waals surface area (Å²) in [5, 5.41) is 22.8. The van der Waals surface area contributed by atoms with E-state index in [1.54, 1.807) is 7.11 Å². The normalized spacial score (nSPS) is 36.6. The van der Waals surface area contributed by atoms with Gasteiger partial charge >= 0.3 is 0 Å². The number of ether oxygens (including phenoxy) is 3. The van der Waals surface area contributed by atoms with E-state index >= 15 is 0 Å². The van der Waals surface area contributed by atoms with Crippen molar-refractivity contribution in [1.82, 2.24) is 4.90 Å². The zero-order chi connectivity index (χ0) is 16.5. The van der Waals surface area contributed by atoms with Gasteiger partial charge in [0.2, 0.25) is 6.79 Å². The highest BCUT2D eigenvalue weighted by molar-refractivity contribution is 5.55. The Bertz CT molecular complexity index is 747. The number of aliphatic hydroxyl groups is 2. The van der Waals surface area contributed by atoms with E-state index in [2.05, 4.69) is 4.90 Å². The molecule has 3 aliphatic heterocycles. The first-order valence-electron chi connectivity index (χ1n) is 8.45. The molecule has 24 heavy (non-hydrogen) atoms. The number of rotatable bonds is 1. The first-order valence-corrected chi connectivity index (χ1v) is 8.45. The second-order valence-electron chi connectivity index (χ2n) is 7.05. The molecule has 0 amide bonds. The molecule has 6 nitrogen and oxygen atoms in total. The number of methoxy groups -OCH3 is 1. The van der Waals surface area contributed by atoms with Gasteiger partial charge in [-0.3, -0.25) is 4.90 Å². The Morgan fingerprint density at radius 2 is 2.04 bits per heavy atom. The molecule has 4 aliphatic rings. The number of nitrogens with zero attached hydrogens (tertiary/aromatic N) is 1. The van der Waals surface area contributed by atoms with Gasteiger partial charge in [-0.1, -0.05) is 0 Å². The summed E-state index contributed by atoms with van der Waals surface area (Å²) in [6, 6.07) is 3.79. The van der Waals surface area contributed by atoms with Crippen LogP contribution in [0.15, 0.2) is 24.0 Å². The molecule has 3 atom stereocenters. The molecule has 0 saturated carbocycles. The average Bonchev–Trinajstić information content (AvgIpc) is 3.25. The fourth-order valence-corrected chi connectivity index (χ4v) is 5.02. The Hall–Kier alpha value is -1.76. The molecule has 0 radical (unpaired) electrons. The smallest absolute Gasteiger partial charge is 0.231 e. The Morgan fingerprint density at radius 3 is 2.83 bits per heavy atom. The molecular weight excluding hydrogens is 310 g/mol. The van der Waals surface area contributed by atoms with Crippen LogP contribution in [0.3, 0.4) is 0 Å². The van der Waals surface area contributed by atoms with Crippen molar-refractivity contribution >= 4 is 0 Å². The lowest BCUT2D eigenvalue weighted by molar-refractivity contribution is -0.132. The van der Waals surface area contributed by atoms with Crippen LogP contribution in [0, 0.1) is 0 Å². The monoisotopic (exact) mass is 331 g/mol. The van der Waals surface area contributed by atoms with Crippen LogP contribution in [0.25, 0.3) is 0 Å². The van der Waals surface area contributed by atoms with Gasteiger partial charge in [-0.2, -0.15) is 0 Å². The molecule has 3 heterocycles. The molecule has 1 fully saturated rings. The van der Waals surface area contributed by atoms with Crippen molar-refractivity contribution < 1.29 is 24.4 Å². The zero-order valence-electron chi connectivity index (χ0n) is 13.6. The summed E-state index contributed by atoms with van der Waals surface area (Å²) in [6.07, 6.45) is 3.42. The average molecular weight is 331 g/mol. The fourth-order valence-electron chi connectivity index (χ4n) is 5.02. The van der Waals surface area contributed by atoms with Gasteiger partial charge in [-0.05, 0) is 55.1 Å². The topological polar surface area (TPSA) is 71.4 Å². The van der Waals surface area contributed by atoms with E-state index in [0.29, 0.717) is 17.3 Å². The van der Waals surface area contributed by atoms with Crippen molar-refractivity contribution in [3.63, 3.8) is 0 Å². The Morgan fingerprint density at radius 1 is 1.25 bits per heavy atom. The second-order valence-corrected chi connectivity index (χ2v) is 7.05. The molecule has 1 aliphatic carbocycles. The van der Waals surface area contributed by atoms with Crippen LogP contribution in [0.1, 0.15) is 24.0 Å². The van der Waals surface area contributed by atoms with Crippen molar-refractivity contribution in [2.75, 3.05) is 27.0 Å².